The van der Waals surface area contributed by atoms with Crippen molar-refractivity contribution in [2.24, 2.45) is 5.92 Å². The Balaban J connectivity index is 0.000000718. The Labute approximate surface area is 227 Å². The molecule has 0 saturated carbocycles. The van der Waals surface area contributed by atoms with E-state index in [0.29, 0.717) is 24.4 Å². The maximum Gasteiger partial charge on any atom is 0.305 e. The van der Waals surface area contributed by atoms with Gasteiger partial charge >= 0.3 is 5.97 Å². The Morgan fingerprint density at radius 1 is 1.10 bits per heavy atom. The summed E-state index contributed by atoms with van der Waals surface area (Å²) in [6.07, 6.45) is 1.54. The van der Waals surface area contributed by atoms with Gasteiger partial charge in [-0.3, -0.25) is 9.59 Å². The molecule has 4 N–H and O–H groups in total. The average Bonchev–Trinajstić information content (AvgIpc) is 2.92. The van der Waals surface area contributed by atoms with Crippen molar-refractivity contribution in [3.8, 4) is 5.75 Å². The van der Waals surface area contributed by atoms with Crippen LogP contribution in [0.25, 0.3) is 0 Å². The molecular formula is C25H29ClF4N2O7. The third-order valence-electron chi connectivity index (χ3n) is 4.94. The summed E-state index contributed by atoms with van der Waals surface area (Å²) in [6.45, 7) is 1.78. The highest BCUT2D eigenvalue weighted by molar-refractivity contribution is 6.33. The number of carbonyl (C=O) groups is 4. The van der Waals surface area contributed by atoms with Crippen LogP contribution in [-0.2, 0) is 19.2 Å². The Bertz CT molecular complexity index is 1050. The largest absolute Gasteiger partial charge is 0.481 e. The maximum atomic E-state index is 13.3. The fourth-order valence-corrected chi connectivity index (χ4v) is 3.12. The van der Waals surface area contributed by atoms with Crippen LogP contribution in [-0.4, -0.2) is 67.9 Å². The van der Waals surface area contributed by atoms with Crippen molar-refractivity contribution >= 4 is 42.1 Å². The monoisotopic (exact) mass is 580 g/mol. The summed E-state index contributed by atoms with van der Waals surface area (Å²) < 4.78 is 56.8. The first-order valence-electron chi connectivity index (χ1n) is 11.3. The van der Waals surface area contributed by atoms with E-state index >= 15 is 0 Å². The Morgan fingerprint density at radius 3 is 2.18 bits per heavy atom. The van der Waals surface area contributed by atoms with Crippen LogP contribution in [0, 0.1) is 29.2 Å². The van der Waals surface area contributed by atoms with Gasteiger partial charge in [-0.15, -0.1) is 0 Å². The van der Waals surface area contributed by atoms with Crippen molar-refractivity contribution in [2.45, 2.75) is 25.3 Å². The van der Waals surface area contributed by atoms with E-state index in [2.05, 4.69) is 15.4 Å². The third-order valence-corrected chi connectivity index (χ3v) is 5.27. The lowest BCUT2D eigenvalue weighted by atomic mass is 10.0. The highest BCUT2D eigenvalue weighted by Gasteiger charge is 2.24. The van der Waals surface area contributed by atoms with Crippen LogP contribution in [0.3, 0.4) is 0 Å². The number of aliphatic hydroxyl groups excluding tert-OH is 1. The number of ether oxygens (including phenoxy) is 1. The Morgan fingerprint density at radius 2 is 1.69 bits per heavy atom. The SMILES string of the molecule is C=O.CNC(CC(=O)O)C(=O)COc1c(F)c(F)cc(F)c1F.O=CC(CCO)CCNc1ccccc1Cl. The van der Waals surface area contributed by atoms with Gasteiger partial charge in [-0.05, 0) is 32.0 Å². The number of Topliss-reactive ketones (excluding diaryl/α,β-unsaturated/α-hetero) is 1. The number of para-hydroxylation sites is 1. The standard InChI is InChI=1S/C12H16ClNO2.C12H11F4NO4.CH2O/c13-11-3-1-2-4-12(11)14-7-5-10(9-16)6-8-15;1-17-7(3-9(19)20)8(18)4-21-12-10(15)5(13)2-6(14)11(12)16;1-2/h1-4,9-10,14-15H,5-8H2;2,7,17H,3-4H2,1H3,(H,19,20);1H2. The van der Waals surface area contributed by atoms with Gasteiger partial charge < -0.3 is 35.2 Å². The summed E-state index contributed by atoms with van der Waals surface area (Å²) in [4.78, 5) is 40.7. The van der Waals surface area contributed by atoms with Crippen LogP contribution in [0.15, 0.2) is 30.3 Å². The minimum Gasteiger partial charge on any atom is -0.481 e. The first-order chi connectivity index (χ1) is 18.5. The molecule has 2 rings (SSSR count). The number of carboxylic acid groups (broad SMARTS) is 1. The van der Waals surface area contributed by atoms with Gasteiger partial charge in [-0.1, -0.05) is 23.7 Å². The smallest absolute Gasteiger partial charge is 0.305 e. The number of ketones is 1. The van der Waals surface area contributed by atoms with E-state index in [0.717, 1.165) is 12.0 Å². The summed E-state index contributed by atoms with van der Waals surface area (Å²) in [7, 11) is 1.30. The highest BCUT2D eigenvalue weighted by atomic mass is 35.5. The second-order valence-electron chi connectivity index (χ2n) is 7.60. The molecule has 0 heterocycles. The molecule has 0 aliphatic rings. The zero-order valence-corrected chi connectivity index (χ0v) is 21.6. The first kappa shape index (κ1) is 35.5. The minimum absolute atomic E-state index is 0.000177. The number of carboxylic acids is 1. The molecule has 0 aliphatic carbocycles. The number of benzene rings is 2. The molecule has 14 heteroatoms. The molecule has 0 saturated heterocycles. The number of aliphatic carboxylic acids is 1. The van der Waals surface area contributed by atoms with Crippen LogP contribution >= 0.6 is 11.6 Å². The molecule has 216 valence electrons. The number of rotatable bonds is 14. The van der Waals surface area contributed by atoms with E-state index in [1.165, 1.54) is 7.05 Å². The average molecular weight is 581 g/mol. The molecule has 9 nitrogen and oxygen atoms in total. The molecule has 0 aliphatic heterocycles. The van der Waals surface area contributed by atoms with Gasteiger partial charge in [0, 0.05) is 25.1 Å². The highest BCUT2D eigenvalue weighted by Crippen LogP contribution is 2.26. The summed E-state index contributed by atoms with van der Waals surface area (Å²) in [5, 5.41) is 23.5. The van der Waals surface area contributed by atoms with Crippen LogP contribution in [0.5, 0.6) is 5.75 Å². The van der Waals surface area contributed by atoms with E-state index in [1.54, 1.807) is 0 Å². The quantitative estimate of drug-likeness (QED) is 0.150. The fourth-order valence-electron chi connectivity index (χ4n) is 2.92. The van der Waals surface area contributed by atoms with Crippen molar-refractivity contribution in [2.75, 3.05) is 32.1 Å². The number of carbonyl (C=O) groups excluding carboxylic acids is 3. The lowest BCUT2D eigenvalue weighted by Gasteiger charge is -2.14. The number of aldehydes is 1. The molecule has 2 aromatic rings. The number of aliphatic hydroxyl groups is 1. The van der Waals surface area contributed by atoms with Crippen molar-refractivity contribution in [3.05, 3.63) is 58.6 Å². The van der Waals surface area contributed by atoms with Gasteiger partial charge in [0.2, 0.25) is 11.6 Å². The van der Waals surface area contributed by atoms with Gasteiger partial charge in [-0.25, -0.2) is 8.78 Å². The molecule has 0 fully saturated rings. The van der Waals surface area contributed by atoms with E-state index in [1.807, 2.05) is 31.1 Å². The lowest BCUT2D eigenvalue weighted by Crippen LogP contribution is -2.39. The number of hydrogen-bond donors (Lipinski definition) is 4. The van der Waals surface area contributed by atoms with Crippen LogP contribution in [0.2, 0.25) is 5.02 Å². The van der Waals surface area contributed by atoms with E-state index in [4.69, 9.17) is 26.6 Å². The molecule has 0 radical (unpaired) electrons. The van der Waals surface area contributed by atoms with Gasteiger partial charge in [0.05, 0.1) is 23.2 Å². The van der Waals surface area contributed by atoms with Gasteiger partial charge in [0.15, 0.2) is 23.2 Å². The van der Waals surface area contributed by atoms with Crippen molar-refractivity contribution < 1.29 is 51.7 Å². The zero-order valence-electron chi connectivity index (χ0n) is 20.9. The molecule has 0 amide bonds. The molecule has 2 atom stereocenters. The number of hydrogen-bond acceptors (Lipinski definition) is 8. The number of nitrogens with one attached hydrogen (secondary N) is 2. The maximum absolute atomic E-state index is 13.3. The number of anilines is 1. The molecule has 2 unspecified atom stereocenters. The van der Waals surface area contributed by atoms with E-state index in [9.17, 15) is 31.9 Å². The van der Waals surface area contributed by atoms with Gasteiger partial charge in [0.25, 0.3) is 0 Å². The third kappa shape index (κ3) is 12.7. The second kappa shape index (κ2) is 19.5. The predicted octanol–water partition coefficient (Wildman–Crippen LogP) is 3.41. The Kier molecular flexibility index (Phi) is 17.7. The zero-order chi connectivity index (χ0) is 30.0. The summed E-state index contributed by atoms with van der Waals surface area (Å²) in [5.74, 6) is -10.5. The fraction of sp³-hybridized carbons (Fsp3) is 0.360. The molecule has 0 bridgehead atoms. The number of likely N-dealkylation sites (N-methyl/N-ethyl adjacent to an activating group) is 1. The molecule has 0 spiro atoms. The normalized spacial score (nSPS) is 11.6. The Hall–Kier alpha value is -3.55. The van der Waals surface area contributed by atoms with Gasteiger partial charge in [0.1, 0.15) is 19.7 Å². The summed E-state index contributed by atoms with van der Waals surface area (Å²) >= 11 is 5.96. The molecule has 39 heavy (non-hydrogen) atoms. The second-order valence-corrected chi connectivity index (χ2v) is 8.00. The summed E-state index contributed by atoms with van der Waals surface area (Å²) in [6, 6.07) is 6.32. The molecular weight excluding hydrogens is 552 g/mol. The lowest BCUT2D eigenvalue weighted by molar-refractivity contribution is -0.139. The number of halogens is 5. The van der Waals surface area contributed by atoms with Crippen LogP contribution in [0.1, 0.15) is 19.3 Å². The predicted molar refractivity (Wildman–Crippen MR) is 135 cm³/mol. The summed E-state index contributed by atoms with van der Waals surface area (Å²) in [5.41, 5.74) is 0.873. The topological polar surface area (TPSA) is 142 Å². The molecule has 2 aromatic carbocycles. The van der Waals surface area contributed by atoms with E-state index < -0.39 is 59.8 Å². The van der Waals surface area contributed by atoms with Crippen LogP contribution < -0.4 is 15.4 Å². The van der Waals surface area contributed by atoms with Crippen molar-refractivity contribution in [3.63, 3.8) is 0 Å². The van der Waals surface area contributed by atoms with Crippen molar-refractivity contribution in [1.82, 2.24) is 5.32 Å². The van der Waals surface area contributed by atoms with Crippen LogP contribution in [0.4, 0.5) is 23.2 Å². The van der Waals surface area contributed by atoms with Gasteiger partial charge in [-0.2, -0.15) is 8.78 Å². The minimum atomic E-state index is -1.78. The van der Waals surface area contributed by atoms with E-state index in [-0.39, 0.29) is 18.6 Å². The molecule has 0 aromatic heterocycles. The first-order valence-corrected chi connectivity index (χ1v) is 11.6. The van der Waals surface area contributed by atoms with Crippen molar-refractivity contribution in [1.29, 1.82) is 0 Å².